The molecule has 4 nitrogen and oxygen atoms in total. The van der Waals surface area contributed by atoms with E-state index in [1.165, 1.54) is 19.3 Å². The van der Waals surface area contributed by atoms with Crippen molar-refractivity contribution in [3.05, 3.63) is 30.1 Å². The minimum Gasteiger partial charge on any atom is -0.350 e. The van der Waals surface area contributed by atoms with E-state index in [0.29, 0.717) is 6.54 Å². The molecule has 0 radical (unpaired) electrons. The summed E-state index contributed by atoms with van der Waals surface area (Å²) in [4.78, 5) is 16.5. The molecule has 0 aromatic carbocycles. The Morgan fingerprint density at radius 2 is 2.39 bits per heavy atom. The molecule has 1 unspecified atom stereocenters. The number of rotatable bonds is 3. The lowest BCUT2D eigenvalue weighted by Gasteiger charge is -2.41. The molecule has 1 aliphatic heterocycles. The van der Waals surface area contributed by atoms with Gasteiger partial charge in [0.1, 0.15) is 0 Å². The smallest absolute Gasteiger partial charge is 0.225 e. The van der Waals surface area contributed by atoms with Crippen LogP contribution in [0.3, 0.4) is 0 Å². The van der Waals surface area contributed by atoms with Crippen LogP contribution in [0.4, 0.5) is 0 Å². The van der Waals surface area contributed by atoms with Crippen molar-refractivity contribution in [1.82, 2.24) is 15.6 Å². The lowest BCUT2D eigenvalue weighted by Crippen LogP contribution is -2.45. The monoisotopic (exact) mass is 245 g/mol. The number of nitrogens with zero attached hydrogens (tertiary/aromatic N) is 1. The van der Waals surface area contributed by atoms with Crippen LogP contribution in [0.5, 0.6) is 0 Å². The standard InChI is InChI=1S/C14H19N3O/c18-13(17-8-11-4-1-2-7-16-11)12-9-15-10-14(12)5-3-6-14/h1-2,4,7,12,15H,3,5-6,8-10H2,(H,17,18). The predicted molar refractivity (Wildman–Crippen MR) is 68.7 cm³/mol. The van der Waals surface area contributed by atoms with Crippen LogP contribution in [-0.2, 0) is 11.3 Å². The molecule has 1 amide bonds. The Hall–Kier alpha value is -1.42. The van der Waals surface area contributed by atoms with Crippen LogP contribution in [0.15, 0.2) is 24.4 Å². The van der Waals surface area contributed by atoms with Gasteiger partial charge in [0.15, 0.2) is 0 Å². The molecule has 96 valence electrons. The zero-order valence-corrected chi connectivity index (χ0v) is 10.5. The summed E-state index contributed by atoms with van der Waals surface area (Å²) in [5.74, 6) is 0.334. The van der Waals surface area contributed by atoms with E-state index < -0.39 is 0 Å². The Balaban J connectivity index is 1.58. The summed E-state index contributed by atoms with van der Waals surface area (Å²) in [6, 6.07) is 5.76. The molecule has 1 aromatic rings. The van der Waals surface area contributed by atoms with Gasteiger partial charge < -0.3 is 10.6 Å². The first kappa shape index (κ1) is 11.7. The van der Waals surface area contributed by atoms with Crippen LogP contribution in [0.1, 0.15) is 25.0 Å². The van der Waals surface area contributed by atoms with Gasteiger partial charge in [-0.25, -0.2) is 0 Å². The molecule has 2 heterocycles. The third-order valence-electron chi connectivity index (χ3n) is 4.40. The van der Waals surface area contributed by atoms with Crippen molar-refractivity contribution in [2.45, 2.75) is 25.8 Å². The summed E-state index contributed by atoms with van der Waals surface area (Å²) >= 11 is 0. The van der Waals surface area contributed by atoms with Crippen LogP contribution >= 0.6 is 0 Å². The lowest BCUT2D eigenvalue weighted by atomic mass is 9.62. The molecule has 1 saturated carbocycles. The number of hydrogen-bond donors (Lipinski definition) is 2. The average Bonchev–Trinajstić information content (AvgIpc) is 2.82. The van der Waals surface area contributed by atoms with Crippen molar-refractivity contribution < 1.29 is 4.79 Å². The third kappa shape index (κ3) is 2.01. The van der Waals surface area contributed by atoms with Gasteiger partial charge in [-0.15, -0.1) is 0 Å². The van der Waals surface area contributed by atoms with Gasteiger partial charge >= 0.3 is 0 Å². The number of amides is 1. The zero-order chi connectivity index (χ0) is 12.4. The number of carbonyl (C=O) groups is 1. The Morgan fingerprint density at radius 3 is 3.06 bits per heavy atom. The number of hydrogen-bond acceptors (Lipinski definition) is 3. The van der Waals surface area contributed by atoms with Gasteiger partial charge in [0, 0.05) is 19.3 Å². The van der Waals surface area contributed by atoms with Crippen molar-refractivity contribution in [3.63, 3.8) is 0 Å². The van der Waals surface area contributed by atoms with E-state index in [0.717, 1.165) is 18.8 Å². The van der Waals surface area contributed by atoms with Crippen molar-refractivity contribution >= 4 is 5.91 Å². The molecule has 0 bridgehead atoms. The van der Waals surface area contributed by atoms with Crippen molar-refractivity contribution in [3.8, 4) is 0 Å². The van der Waals surface area contributed by atoms with Crippen molar-refractivity contribution in [1.29, 1.82) is 0 Å². The number of aromatic nitrogens is 1. The normalized spacial score (nSPS) is 24.8. The van der Waals surface area contributed by atoms with Crippen LogP contribution in [0.25, 0.3) is 0 Å². The summed E-state index contributed by atoms with van der Waals surface area (Å²) < 4.78 is 0. The van der Waals surface area contributed by atoms with E-state index in [9.17, 15) is 4.79 Å². The minimum absolute atomic E-state index is 0.148. The average molecular weight is 245 g/mol. The van der Waals surface area contributed by atoms with Gasteiger partial charge in [-0.3, -0.25) is 9.78 Å². The predicted octanol–water partition coefficient (Wildman–Crippen LogP) is 1.09. The van der Waals surface area contributed by atoms with Crippen LogP contribution < -0.4 is 10.6 Å². The molecule has 1 aliphatic carbocycles. The minimum atomic E-state index is 0.148. The molecule has 1 atom stereocenters. The molecule has 1 spiro atoms. The Kier molecular flexibility index (Phi) is 3.04. The summed E-state index contributed by atoms with van der Waals surface area (Å²) in [7, 11) is 0. The second-order valence-electron chi connectivity index (χ2n) is 5.44. The Morgan fingerprint density at radius 1 is 1.50 bits per heavy atom. The fourth-order valence-electron chi connectivity index (χ4n) is 3.14. The fraction of sp³-hybridized carbons (Fsp3) is 0.571. The second-order valence-corrected chi connectivity index (χ2v) is 5.44. The number of nitrogens with one attached hydrogen (secondary N) is 2. The quantitative estimate of drug-likeness (QED) is 0.838. The molecular formula is C14H19N3O. The van der Waals surface area contributed by atoms with Crippen LogP contribution in [-0.4, -0.2) is 24.0 Å². The third-order valence-corrected chi connectivity index (χ3v) is 4.40. The summed E-state index contributed by atoms with van der Waals surface area (Å²) in [5.41, 5.74) is 1.17. The maximum absolute atomic E-state index is 12.2. The Labute approximate surface area is 107 Å². The molecule has 2 aliphatic rings. The first-order valence-corrected chi connectivity index (χ1v) is 6.69. The molecule has 1 aromatic heterocycles. The Bertz CT molecular complexity index is 428. The lowest BCUT2D eigenvalue weighted by molar-refractivity contribution is -0.129. The van der Waals surface area contributed by atoms with E-state index in [1.54, 1.807) is 6.20 Å². The van der Waals surface area contributed by atoms with Gasteiger partial charge in [0.2, 0.25) is 5.91 Å². The zero-order valence-electron chi connectivity index (χ0n) is 10.5. The fourth-order valence-corrected chi connectivity index (χ4v) is 3.14. The van der Waals surface area contributed by atoms with Gasteiger partial charge in [-0.1, -0.05) is 12.5 Å². The molecule has 1 saturated heterocycles. The molecule has 2 N–H and O–H groups in total. The second kappa shape index (κ2) is 4.69. The van der Waals surface area contributed by atoms with Gasteiger partial charge in [0.25, 0.3) is 0 Å². The SMILES string of the molecule is O=C(NCc1ccccn1)C1CNCC12CCC2. The van der Waals surface area contributed by atoms with Crippen molar-refractivity contribution in [2.75, 3.05) is 13.1 Å². The summed E-state index contributed by atoms with van der Waals surface area (Å²) in [5, 5.41) is 6.39. The topological polar surface area (TPSA) is 54.0 Å². The first-order chi connectivity index (χ1) is 8.80. The van der Waals surface area contributed by atoms with E-state index in [2.05, 4.69) is 15.6 Å². The molecule has 3 rings (SSSR count). The van der Waals surface area contributed by atoms with Crippen LogP contribution in [0.2, 0.25) is 0 Å². The van der Waals surface area contributed by atoms with Crippen molar-refractivity contribution in [2.24, 2.45) is 11.3 Å². The number of pyridine rings is 1. The summed E-state index contributed by atoms with van der Waals surface area (Å²) in [6.45, 7) is 2.37. The first-order valence-electron chi connectivity index (χ1n) is 6.69. The maximum atomic E-state index is 12.2. The van der Waals surface area contributed by atoms with E-state index in [4.69, 9.17) is 0 Å². The van der Waals surface area contributed by atoms with Gasteiger partial charge in [0.05, 0.1) is 18.2 Å². The highest BCUT2D eigenvalue weighted by atomic mass is 16.2. The largest absolute Gasteiger partial charge is 0.350 e. The highest BCUT2D eigenvalue weighted by Crippen LogP contribution is 2.49. The molecule has 4 heteroatoms. The highest BCUT2D eigenvalue weighted by Gasteiger charge is 2.50. The summed E-state index contributed by atoms with van der Waals surface area (Å²) in [6.07, 6.45) is 5.42. The van der Waals surface area contributed by atoms with Crippen LogP contribution in [0, 0.1) is 11.3 Å². The van der Waals surface area contributed by atoms with Gasteiger partial charge in [-0.05, 0) is 30.4 Å². The molecular weight excluding hydrogens is 226 g/mol. The highest BCUT2D eigenvalue weighted by molar-refractivity contribution is 5.80. The maximum Gasteiger partial charge on any atom is 0.225 e. The molecule has 2 fully saturated rings. The van der Waals surface area contributed by atoms with E-state index in [1.807, 2.05) is 18.2 Å². The molecule has 18 heavy (non-hydrogen) atoms. The van der Waals surface area contributed by atoms with Gasteiger partial charge in [-0.2, -0.15) is 0 Å². The van der Waals surface area contributed by atoms with E-state index >= 15 is 0 Å². The number of carbonyl (C=O) groups excluding carboxylic acids is 1. The van der Waals surface area contributed by atoms with E-state index in [-0.39, 0.29) is 17.2 Å².